The summed E-state index contributed by atoms with van der Waals surface area (Å²) in [6.45, 7) is 6.21. The number of carbonyl (C=O) groups excluding carboxylic acids is 1. The van der Waals surface area contributed by atoms with Gasteiger partial charge in [0, 0.05) is 0 Å². The smallest absolute Gasteiger partial charge is 0.352 e. The Morgan fingerprint density at radius 3 is 2.35 bits per heavy atom. The lowest BCUT2D eigenvalue weighted by Crippen LogP contribution is -2.46. The van der Waals surface area contributed by atoms with Gasteiger partial charge < -0.3 is 9.73 Å². The fraction of sp³-hybridized carbons (Fsp3) is 0.231. The van der Waals surface area contributed by atoms with Crippen LogP contribution in [0.2, 0.25) is 0 Å². The maximum absolute atomic E-state index is 13.3. The van der Waals surface area contributed by atoms with Gasteiger partial charge in [0.25, 0.3) is 11.5 Å². The number of nitrogens with zero attached hydrogens (tertiary/aromatic N) is 3. The highest BCUT2D eigenvalue weighted by atomic mass is 16.3. The number of furan rings is 1. The fourth-order valence-electron chi connectivity index (χ4n) is 3.51. The van der Waals surface area contributed by atoms with E-state index in [1.807, 2.05) is 43.3 Å². The molecule has 0 fully saturated rings. The van der Waals surface area contributed by atoms with Crippen molar-refractivity contribution in [3.05, 3.63) is 116 Å². The lowest BCUT2D eigenvalue weighted by Gasteiger charge is -2.13. The number of benzene rings is 2. The number of hydrogen-bond donors (Lipinski definition) is 1. The van der Waals surface area contributed by atoms with Crippen LogP contribution in [0.3, 0.4) is 0 Å². The molecule has 0 aliphatic rings. The molecule has 0 radical (unpaired) electrons. The van der Waals surface area contributed by atoms with Crippen molar-refractivity contribution in [2.45, 2.75) is 39.8 Å². The average molecular weight is 459 g/mol. The summed E-state index contributed by atoms with van der Waals surface area (Å²) in [6, 6.07) is 18.2. The number of aryl methyl sites for hydroxylation is 1. The highest BCUT2D eigenvalue weighted by Gasteiger charge is 2.21. The van der Waals surface area contributed by atoms with E-state index in [-0.39, 0.29) is 18.8 Å². The molecule has 4 aromatic rings. The fourth-order valence-corrected chi connectivity index (χ4v) is 3.51. The Bertz CT molecular complexity index is 1400. The Morgan fingerprint density at radius 2 is 1.74 bits per heavy atom. The van der Waals surface area contributed by atoms with Crippen molar-refractivity contribution in [1.82, 2.24) is 19.7 Å². The first kappa shape index (κ1) is 23.0. The van der Waals surface area contributed by atoms with E-state index >= 15 is 0 Å². The summed E-state index contributed by atoms with van der Waals surface area (Å²) < 4.78 is 7.37. The van der Waals surface area contributed by atoms with Gasteiger partial charge in [0.1, 0.15) is 5.76 Å². The summed E-state index contributed by atoms with van der Waals surface area (Å²) in [4.78, 5) is 39.4. The quantitative estimate of drug-likeness (QED) is 0.458. The predicted molar refractivity (Wildman–Crippen MR) is 128 cm³/mol. The van der Waals surface area contributed by atoms with E-state index in [0.717, 1.165) is 25.9 Å². The molecule has 4 rings (SSSR count). The van der Waals surface area contributed by atoms with Crippen LogP contribution in [0, 0.1) is 6.92 Å². The van der Waals surface area contributed by atoms with E-state index in [4.69, 9.17) is 4.42 Å². The first-order valence-corrected chi connectivity index (χ1v) is 11.0. The molecule has 1 amide bonds. The lowest BCUT2D eigenvalue weighted by atomic mass is 10.0. The molecule has 174 valence electrons. The van der Waals surface area contributed by atoms with E-state index in [1.165, 1.54) is 6.26 Å². The molecule has 0 aliphatic heterocycles. The second-order valence-electron chi connectivity index (χ2n) is 8.43. The number of nitrogens with one attached hydrogen (secondary N) is 1. The number of rotatable bonds is 7. The molecule has 0 atom stereocenters. The highest BCUT2D eigenvalue weighted by molar-refractivity contribution is 5.91. The largest absolute Gasteiger partial charge is 0.467 e. The van der Waals surface area contributed by atoms with Gasteiger partial charge in [0.15, 0.2) is 0 Å². The topological polar surface area (TPSA) is 99.1 Å². The van der Waals surface area contributed by atoms with Crippen molar-refractivity contribution in [2.75, 3.05) is 0 Å². The minimum absolute atomic E-state index is 0.0169. The van der Waals surface area contributed by atoms with E-state index in [0.29, 0.717) is 17.4 Å². The molecule has 2 aromatic carbocycles. The lowest BCUT2D eigenvalue weighted by molar-refractivity contribution is 0.0938. The minimum Gasteiger partial charge on any atom is -0.467 e. The van der Waals surface area contributed by atoms with Crippen molar-refractivity contribution in [2.24, 2.45) is 0 Å². The zero-order chi connectivity index (χ0) is 24.2. The van der Waals surface area contributed by atoms with Crippen molar-refractivity contribution < 1.29 is 9.21 Å². The summed E-state index contributed by atoms with van der Waals surface area (Å²) in [5.41, 5.74) is 1.65. The molecule has 8 heteroatoms. The Morgan fingerprint density at radius 1 is 1.03 bits per heavy atom. The first-order chi connectivity index (χ1) is 16.3. The van der Waals surface area contributed by atoms with Gasteiger partial charge in [-0.2, -0.15) is 9.78 Å². The van der Waals surface area contributed by atoms with Crippen LogP contribution in [0.25, 0.3) is 5.69 Å². The summed E-state index contributed by atoms with van der Waals surface area (Å²) in [5.74, 6) is 0.162. The third-order valence-electron chi connectivity index (χ3n) is 5.54. The van der Waals surface area contributed by atoms with Crippen molar-refractivity contribution in [1.29, 1.82) is 0 Å². The SMILES string of the molecule is Cc1ccc(Cn2c(=O)c(C(=O)NCc3ccco3)nn(-c3ccc(C(C)C)cc3)c2=O)cc1. The molecule has 2 heterocycles. The van der Waals surface area contributed by atoms with E-state index in [1.54, 1.807) is 24.3 Å². The molecule has 8 nitrogen and oxygen atoms in total. The maximum Gasteiger partial charge on any atom is 0.352 e. The predicted octanol–water partition coefficient (Wildman–Crippen LogP) is 3.40. The van der Waals surface area contributed by atoms with Gasteiger partial charge in [0.2, 0.25) is 5.69 Å². The van der Waals surface area contributed by atoms with Crippen LogP contribution in [-0.4, -0.2) is 20.3 Å². The van der Waals surface area contributed by atoms with Gasteiger partial charge in [-0.25, -0.2) is 4.79 Å². The number of amides is 1. The van der Waals surface area contributed by atoms with Crippen molar-refractivity contribution in [3.8, 4) is 5.69 Å². The van der Waals surface area contributed by atoms with Crippen molar-refractivity contribution in [3.63, 3.8) is 0 Å². The highest BCUT2D eigenvalue weighted by Crippen LogP contribution is 2.15. The van der Waals surface area contributed by atoms with Crippen LogP contribution in [0.15, 0.2) is 80.9 Å². The van der Waals surface area contributed by atoms with Crippen LogP contribution < -0.4 is 16.6 Å². The second kappa shape index (κ2) is 9.74. The molecule has 0 saturated carbocycles. The Hall–Kier alpha value is -4.20. The third kappa shape index (κ3) is 4.91. The van der Waals surface area contributed by atoms with Crippen LogP contribution >= 0.6 is 0 Å². The minimum atomic E-state index is -0.752. The molecular formula is C26H26N4O4. The molecule has 1 N–H and O–H groups in total. The van der Waals surface area contributed by atoms with Gasteiger partial charge in [-0.05, 0) is 48.2 Å². The van der Waals surface area contributed by atoms with Crippen LogP contribution in [-0.2, 0) is 13.1 Å². The number of aromatic nitrogens is 3. The van der Waals surface area contributed by atoms with Gasteiger partial charge >= 0.3 is 5.69 Å². The summed E-state index contributed by atoms with van der Waals surface area (Å²) in [7, 11) is 0. The number of hydrogen-bond acceptors (Lipinski definition) is 5. The zero-order valence-corrected chi connectivity index (χ0v) is 19.3. The molecule has 0 saturated heterocycles. The number of carbonyl (C=O) groups is 1. The van der Waals surface area contributed by atoms with Gasteiger partial charge in [0.05, 0.1) is 25.0 Å². The zero-order valence-electron chi connectivity index (χ0n) is 19.3. The summed E-state index contributed by atoms with van der Waals surface area (Å²) >= 11 is 0. The van der Waals surface area contributed by atoms with Crippen molar-refractivity contribution >= 4 is 5.91 Å². The molecular weight excluding hydrogens is 432 g/mol. The monoisotopic (exact) mass is 458 g/mol. The first-order valence-electron chi connectivity index (χ1n) is 11.0. The Labute approximate surface area is 196 Å². The average Bonchev–Trinajstić information content (AvgIpc) is 3.35. The van der Waals surface area contributed by atoms with E-state index < -0.39 is 17.2 Å². The molecule has 2 aromatic heterocycles. The molecule has 0 bridgehead atoms. The second-order valence-corrected chi connectivity index (χ2v) is 8.43. The van der Waals surface area contributed by atoms with Gasteiger partial charge in [-0.3, -0.25) is 14.2 Å². The molecule has 0 aliphatic carbocycles. The van der Waals surface area contributed by atoms with Crippen LogP contribution in [0.4, 0.5) is 0 Å². The third-order valence-corrected chi connectivity index (χ3v) is 5.54. The summed E-state index contributed by atoms with van der Waals surface area (Å²) in [5, 5.41) is 6.80. The molecule has 0 spiro atoms. The Kier molecular flexibility index (Phi) is 6.58. The molecule has 34 heavy (non-hydrogen) atoms. The standard InChI is InChI=1S/C26H26N4O4/c1-17(2)20-10-12-21(13-11-20)30-26(33)29(16-19-8-6-18(3)7-9-19)25(32)23(28-30)24(31)27-15-22-5-4-14-34-22/h4-14,17H,15-16H2,1-3H3,(H,27,31). The van der Waals surface area contributed by atoms with E-state index in [9.17, 15) is 14.4 Å². The normalized spacial score (nSPS) is 11.1. The summed E-state index contributed by atoms with van der Waals surface area (Å²) in [6.07, 6.45) is 1.50. The van der Waals surface area contributed by atoms with Gasteiger partial charge in [-0.1, -0.05) is 55.8 Å². The Balaban J connectivity index is 1.78. The van der Waals surface area contributed by atoms with Crippen LogP contribution in [0.5, 0.6) is 0 Å². The maximum atomic E-state index is 13.3. The van der Waals surface area contributed by atoms with Gasteiger partial charge in [-0.15, -0.1) is 0 Å². The van der Waals surface area contributed by atoms with E-state index in [2.05, 4.69) is 24.3 Å². The van der Waals surface area contributed by atoms with Crippen LogP contribution in [0.1, 0.15) is 52.7 Å². The molecule has 0 unspecified atom stereocenters.